The molecule has 0 spiro atoms. The average Bonchev–Trinajstić information content (AvgIpc) is 3.06. The van der Waals surface area contributed by atoms with E-state index in [1.165, 1.54) is 0 Å². The predicted octanol–water partition coefficient (Wildman–Crippen LogP) is 3.13. The smallest absolute Gasteiger partial charge is 0.180 e. The maximum Gasteiger partial charge on any atom is 0.180 e. The molecule has 0 fully saturated rings. The molecule has 6 nitrogen and oxygen atoms in total. The quantitative estimate of drug-likeness (QED) is 0.486. The molecule has 2 heterocycles. The van der Waals surface area contributed by atoms with Crippen molar-refractivity contribution < 1.29 is 14.6 Å². The number of ether oxygens (including phenoxy) is 2. The van der Waals surface area contributed by atoms with E-state index in [0.717, 1.165) is 23.3 Å². The third kappa shape index (κ3) is 3.85. The lowest BCUT2D eigenvalue weighted by atomic mass is 10.1. The Morgan fingerprint density at radius 2 is 2.00 bits per heavy atom. The van der Waals surface area contributed by atoms with Crippen LogP contribution in [-0.2, 0) is 0 Å². The van der Waals surface area contributed by atoms with Gasteiger partial charge in [-0.25, -0.2) is 4.98 Å². The summed E-state index contributed by atoms with van der Waals surface area (Å²) in [7, 11) is 0. The molecule has 132 valence electrons. The first kappa shape index (κ1) is 17.1. The maximum absolute atomic E-state index is 8.89. The van der Waals surface area contributed by atoms with Gasteiger partial charge in [0.05, 0.1) is 24.6 Å². The highest BCUT2D eigenvalue weighted by Gasteiger charge is 2.11. The zero-order valence-electron chi connectivity index (χ0n) is 14.3. The standard InChI is InChI=1S/C19H23N3O3/c1-2-10-24-17-7-6-14(12-15(17)20)16-13-22-8-3-5-18(19(22)21-16)25-11-4-9-23/h3,5-8,12-13,23H,2,4,9-11,20H2,1H3. The minimum absolute atomic E-state index is 0.106. The van der Waals surface area contributed by atoms with Gasteiger partial charge in [0.15, 0.2) is 11.4 Å². The summed E-state index contributed by atoms with van der Waals surface area (Å²) in [6, 6.07) is 9.49. The number of hydrogen-bond acceptors (Lipinski definition) is 5. The SMILES string of the molecule is CCCOc1ccc(-c2cn3cccc(OCCCO)c3n2)cc1N. The van der Waals surface area contributed by atoms with Crippen molar-refractivity contribution in [3.8, 4) is 22.8 Å². The Hall–Kier alpha value is -2.73. The molecule has 0 saturated carbocycles. The highest BCUT2D eigenvalue weighted by Crippen LogP contribution is 2.30. The third-order valence-corrected chi connectivity index (χ3v) is 3.77. The van der Waals surface area contributed by atoms with E-state index >= 15 is 0 Å². The van der Waals surface area contributed by atoms with Crippen molar-refractivity contribution in [2.24, 2.45) is 0 Å². The van der Waals surface area contributed by atoms with Crippen LogP contribution in [0.1, 0.15) is 19.8 Å². The largest absolute Gasteiger partial charge is 0.491 e. The number of aromatic nitrogens is 2. The van der Waals surface area contributed by atoms with Crippen LogP contribution in [0.3, 0.4) is 0 Å². The molecule has 0 unspecified atom stereocenters. The molecule has 2 aromatic heterocycles. The van der Waals surface area contributed by atoms with Gasteiger partial charge in [-0.1, -0.05) is 6.92 Å². The Bertz CT molecular complexity index is 845. The number of nitrogens with zero attached hydrogens (tertiary/aromatic N) is 2. The second-order valence-electron chi connectivity index (χ2n) is 5.76. The topological polar surface area (TPSA) is 82.0 Å². The van der Waals surface area contributed by atoms with Gasteiger partial charge in [-0.05, 0) is 36.8 Å². The van der Waals surface area contributed by atoms with Crippen LogP contribution in [0.15, 0.2) is 42.7 Å². The normalized spacial score (nSPS) is 11.0. The van der Waals surface area contributed by atoms with Gasteiger partial charge >= 0.3 is 0 Å². The second-order valence-corrected chi connectivity index (χ2v) is 5.76. The van der Waals surface area contributed by atoms with Crippen LogP contribution in [-0.4, -0.2) is 34.3 Å². The summed E-state index contributed by atoms with van der Waals surface area (Å²) in [4.78, 5) is 4.67. The fourth-order valence-electron chi connectivity index (χ4n) is 2.54. The third-order valence-electron chi connectivity index (χ3n) is 3.77. The van der Waals surface area contributed by atoms with Gasteiger partial charge in [-0.15, -0.1) is 0 Å². The van der Waals surface area contributed by atoms with Gasteiger partial charge in [0.2, 0.25) is 0 Å². The first-order chi connectivity index (χ1) is 12.2. The Labute approximate surface area is 146 Å². The monoisotopic (exact) mass is 341 g/mol. The van der Waals surface area contributed by atoms with Gasteiger partial charge in [0, 0.05) is 31.0 Å². The number of aliphatic hydroxyl groups is 1. The van der Waals surface area contributed by atoms with E-state index in [4.69, 9.17) is 20.3 Å². The molecule has 3 aromatic rings. The van der Waals surface area contributed by atoms with Gasteiger partial charge in [0.1, 0.15) is 5.75 Å². The van der Waals surface area contributed by atoms with Crippen LogP contribution in [0.5, 0.6) is 11.5 Å². The van der Waals surface area contributed by atoms with Gasteiger partial charge in [-0.2, -0.15) is 0 Å². The van der Waals surface area contributed by atoms with Crippen LogP contribution in [0.2, 0.25) is 0 Å². The lowest BCUT2D eigenvalue weighted by Gasteiger charge is -2.08. The molecule has 0 aliphatic rings. The van der Waals surface area contributed by atoms with Crippen molar-refractivity contribution in [2.75, 3.05) is 25.6 Å². The van der Waals surface area contributed by atoms with Crippen LogP contribution >= 0.6 is 0 Å². The maximum atomic E-state index is 8.89. The van der Waals surface area contributed by atoms with Crippen molar-refractivity contribution in [1.29, 1.82) is 0 Å². The fourth-order valence-corrected chi connectivity index (χ4v) is 2.54. The Morgan fingerprint density at radius 3 is 2.76 bits per heavy atom. The number of aliphatic hydroxyl groups excluding tert-OH is 1. The number of rotatable bonds is 8. The zero-order chi connectivity index (χ0) is 17.6. The summed E-state index contributed by atoms with van der Waals surface area (Å²) in [6.07, 6.45) is 5.39. The second kappa shape index (κ2) is 7.90. The number of hydrogen-bond donors (Lipinski definition) is 2. The summed E-state index contributed by atoms with van der Waals surface area (Å²) in [5, 5.41) is 8.89. The molecule has 1 aromatic carbocycles. The molecule has 0 saturated heterocycles. The minimum Gasteiger partial charge on any atom is -0.491 e. The lowest BCUT2D eigenvalue weighted by molar-refractivity contribution is 0.234. The summed E-state index contributed by atoms with van der Waals surface area (Å²) in [5.41, 5.74) is 9.17. The van der Waals surface area contributed by atoms with Crippen molar-refractivity contribution >= 4 is 11.3 Å². The van der Waals surface area contributed by atoms with Crippen molar-refractivity contribution in [3.05, 3.63) is 42.7 Å². The fraction of sp³-hybridized carbons (Fsp3) is 0.316. The zero-order valence-corrected chi connectivity index (χ0v) is 14.3. The molecule has 25 heavy (non-hydrogen) atoms. The molecule has 3 rings (SSSR count). The number of imidazole rings is 1. The first-order valence-corrected chi connectivity index (χ1v) is 8.47. The first-order valence-electron chi connectivity index (χ1n) is 8.47. The van der Waals surface area contributed by atoms with E-state index in [1.807, 2.05) is 47.1 Å². The van der Waals surface area contributed by atoms with E-state index in [-0.39, 0.29) is 6.61 Å². The molecule has 0 bridgehead atoms. The number of anilines is 1. The van der Waals surface area contributed by atoms with E-state index in [2.05, 4.69) is 11.9 Å². The highest BCUT2D eigenvalue weighted by molar-refractivity contribution is 5.71. The number of pyridine rings is 1. The van der Waals surface area contributed by atoms with E-state index < -0.39 is 0 Å². The Morgan fingerprint density at radius 1 is 1.16 bits per heavy atom. The molecule has 0 radical (unpaired) electrons. The molecule has 0 aliphatic heterocycles. The number of benzene rings is 1. The number of fused-ring (bicyclic) bond motifs is 1. The number of nitrogens with two attached hydrogens (primary N) is 1. The summed E-state index contributed by atoms with van der Waals surface area (Å²) in [5.74, 6) is 1.39. The molecular weight excluding hydrogens is 318 g/mol. The Balaban J connectivity index is 1.88. The van der Waals surface area contributed by atoms with Crippen molar-refractivity contribution in [3.63, 3.8) is 0 Å². The van der Waals surface area contributed by atoms with Crippen LogP contribution in [0.4, 0.5) is 5.69 Å². The average molecular weight is 341 g/mol. The molecular formula is C19H23N3O3. The van der Waals surface area contributed by atoms with Crippen LogP contribution < -0.4 is 15.2 Å². The van der Waals surface area contributed by atoms with Gasteiger partial charge in [0.25, 0.3) is 0 Å². The predicted molar refractivity (Wildman–Crippen MR) is 98.0 cm³/mol. The summed E-state index contributed by atoms with van der Waals surface area (Å²) >= 11 is 0. The lowest BCUT2D eigenvalue weighted by Crippen LogP contribution is -2.01. The number of nitrogen functional groups attached to an aromatic ring is 1. The van der Waals surface area contributed by atoms with Crippen LogP contribution in [0, 0.1) is 0 Å². The highest BCUT2D eigenvalue weighted by atomic mass is 16.5. The van der Waals surface area contributed by atoms with E-state index in [0.29, 0.717) is 36.8 Å². The minimum atomic E-state index is 0.106. The van der Waals surface area contributed by atoms with Crippen molar-refractivity contribution in [2.45, 2.75) is 19.8 Å². The van der Waals surface area contributed by atoms with Gasteiger partial charge in [-0.3, -0.25) is 0 Å². The van der Waals surface area contributed by atoms with E-state index in [9.17, 15) is 0 Å². The van der Waals surface area contributed by atoms with Gasteiger partial charge < -0.3 is 24.7 Å². The molecule has 6 heteroatoms. The van der Waals surface area contributed by atoms with Crippen molar-refractivity contribution in [1.82, 2.24) is 9.38 Å². The molecule has 0 amide bonds. The Kier molecular flexibility index (Phi) is 5.40. The summed E-state index contributed by atoms with van der Waals surface area (Å²) < 4.78 is 13.2. The molecule has 0 aliphatic carbocycles. The summed E-state index contributed by atoms with van der Waals surface area (Å²) in [6.45, 7) is 3.26. The van der Waals surface area contributed by atoms with E-state index in [1.54, 1.807) is 0 Å². The molecule has 3 N–H and O–H groups in total. The van der Waals surface area contributed by atoms with Crippen LogP contribution in [0.25, 0.3) is 16.9 Å². The molecule has 0 atom stereocenters.